The Kier molecular flexibility index (Phi) is 3.70. The van der Waals surface area contributed by atoms with Gasteiger partial charge in [-0.15, -0.1) is 0 Å². The Morgan fingerprint density at radius 1 is 1.29 bits per heavy atom. The topological polar surface area (TPSA) is 41.1 Å². The van der Waals surface area contributed by atoms with Crippen molar-refractivity contribution in [1.82, 2.24) is 10.6 Å². The Morgan fingerprint density at radius 2 is 2.07 bits per heavy atom. The summed E-state index contributed by atoms with van der Waals surface area (Å²) in [5.74, 6) is 2.62. The van der Waals surface area contributed by atoms with Gasteiger partial charge in [0.2, 0.25) is 5.91 Å². The predicted molar refractivity (Wildman–Crippen MR) is 59.5 cm³/mol. The summed E-state index contributed by atoms with van der Waals surface area (Å²) in [6.07, 6.45) is 4.43. The first-order valence-electron chi connectivity index (χ1n) is 5.48. The van der Waals surface area contributed by atoms with Gasteiger partial charge in [0.05, 0.1) is 6.04 Å². The Hall–Kier alpha value is -0.220. The van der Waals surface area contributed by atoms with Crippen LogP contribution in [0.2, 0.25) is 0 Å². The van der Waals surface area contributed by atoms with Crippen LogP contribution in [-0.2, 0) is 4.79 Å². The molecule has 0 aromatic heterocycles. The van der Waals surface area contributed by atoms with Gasteiger partial charge in [-0.25, -0.2) is 0 Å². The predicted octanol–water partition coefficient (Wildman–Crippen LogP) is 0.750. The van der Waals surface area contributed by atoms with Crippen LogP contribution in [0.15, 0.2) is 0 Å². The lowest BCUT2D eigenvalue weighted by molar-refractivity contribution is -0.123. The molecule has 2 saturated heterocycles. The Balaban J connectivity index is 1.75. The summed E-state index contributed by atoms with van der Waals surface area (Å²) in [7, 11) is 0. The number of nitrogens with one attached hydrogen (secondary N) is 2. The number of amides is 1. The van der Waals surface area contributed by atoms with E-state index in [4.69, 9.17) is 0 Å². The van der Waals surface area contributed by atoms with Gasteiger partial charge in [0.1, 0.15) is 0 Å². The van der Waals surface area contributed by atoms with E-state index in [1.54, 1.807) is 0 Å². The van der Waals surface area contributed by atoms with Crippen molar-refractivity contribution in [2.75, 3.05) is 18.1 Å². The minimum Gasteiger partial charge on any atom is -0.352 e. The highest BCUT2D eigenvalue weighted by molar-refractivity contribution is 7.99. The van der Waals surface area contributed by atoms with E-state index in [1.165, 1.54) is 11.5 Å². The second kappa shape index (κ2) is 5.03. The molecule has 3 nitrogen and oxygen atoms in total. The minimum absolute atomic E-state index is 0.0876. The third-order valence-corrected chi connectivity index (χ3v) is 3.99. The highest BCUT2D eigenvalue weighted by Crippen LogP contribution is 2.17. The Bertz CT molecular complexity index is 198. The van der Waals surface area contributed by atoms with Crippen molar-refractivity contribution in [2.45, 2.75) is 37.8 Å². The first kappa shape index (κ1) is 10.3. The summed E-state index contributed by atoms with van der Waals surface area (Å²) in [5, 5.41) is 6.37. The highest BCUT2D eigenvalue weighted by Gasteiger charge is 2.24. The summed E-state index contributed by atoms with van der Waals surface area (Å²) in [6, 6.07) is 0.524. The van der Waals surface area contributed by atoms with Crippen molar-refractivity contribution in [1.29, 1.82) is 0 Å². The van der Waals surface area contributed by atoms with Gasteiger partial charge < -0.3 is 10.6 Å². The van der Waals surface area contributed by atoms with Crippen LogP contribution in [-0.4, -0.2) is 36.0 Å². The second-order valence-electron chi connectivity index (χ2n) is 4.04. The van der Waals surface area contributed by atoms with Crippen molar-refractivity contribution in [2.24, 2.45) is 0 Å². The molecule has 0 saturated carbocycles. The van der Waals surface area contributed by atoms with Crippen LogP contribution >= 0.6 is 11.8 Å². The van der Waals surface area contributed by atoms with Gasteiger partial charge in [-0.1, -0.05) is 0 Å². The molecule has 0 radical (unpaired) electrons. The maximum Gasteiger partial charge on any atom is 0.237 e. The van der Waals surface area contributed by atoms with Gasteiger partial charge in [0.25, 0.3) is 0 Å². The van der Waals surface area contributed by atoms with Gasteiger partial charge in [0.15, 0.2) is 0 Å². The molecule has 4 heteroatoms. The van der Waals surface area contributed by atoms with Gasteiger partial charge in [0, 0.05) is 6.04 Å². The first-order chi connectivity index (χ1) is 6.86. The fraction of sp³-hybridized carbons (Fsp3) is 0.900. The van der Waals surface area contributed by atoms with Crippen LogP contribution in [0.1, 0.15) is 25.7 Å². The molecule has 2 heterocycles. The van der Waals surface area contributed by atoms with Crippen molar-refractivity contribution < 1.29 is 4.79 Å². The van der Waals surface area contributed by atoms with Gasteiger partial charge in [-0.3, -0.25) is 4.79 Å². The van der Waals surface area contributed by atoms with E-state index in [2.05, 4.69) is 10.6 Å². The Labute approximate surface area is 89.4 Å². The molecule has 1 unspecified atom stereocenters. The maximum atomic E-state index is 11.7. The van der Waals surface area contributed by atoms with E-state index in [9.17, 15) is 4.79 Å². The van der Waals surface area contributed by atoms with E-state index < -0.39 is 0 Å². The van der Waals surface area contributed by atoms with Crippen molar-refractivity contribution in [3.05, 3.63) is 0 Å². The fourth-order valence-electron chi connectivity index (χ4n) is 2.05. The maximum absolute atomic E-state index is 11.7. The first-order valence-corrected chi connectivity index (χ1v) is 6.63. The lowest BCUT2D eigenvalue weighted by Crippen LogP contribution is -2.46. The van der Waals surface area contributed by atoms with E-state index in [0.717, 1.165) is 32.2 Å². The second-order valence-corrected chi connectivity index (χ2v) is 5.27. The fourth-order valence-corrected chi connectivity index (χ4v) is 3.16. The van der Waals surface area contributed by atoms with Crippen molar-refractivity contribution in [3.63, 3.8) is 0 Å². The zero-order chi connectivity index (χ0) is 9.80. The van der Waals surface area contributed by atoms with Gasteiger partial charge in [-0.05, 0) is 43.7 Å². The van der Waals surface area contributed by atoms with Crippen LogP contribution < -0.4 is 10.6 Å². The van der Waals surface area contributed by atoms with Gasteiger partial charge in [-0.2, -0.15) is 11.8 Å². The van der Waals surface area contributed by atoms with Crippen molar-refractivity contribution >= 4 is 17.7 Å². The summed E-state index contributed by atoms with van der Waals surface area (Å²) >= 11 is 1.99. The standard InChI is InChI=1S/C10H18N2OS/c13-10(9-2-1-5-11-9)12-8-3-6-14-7-4-8/h8-9,11H,1-7H2,(H,12,13). The number of hydrogen-bond donors (Lipinski definition) is 2. The zero-order valence-electron chi connectivity index (χ0n) is 8.42. The molecule has 14 heavy (non-hydrogen) atoms. The third kappa shape index (κ3) is 2.64. The van der Waals surface area contributed by atoms with Crippen LogP contribution in [0.4, 0.5) is 0 Å². The third-order valence-electron chi connectivity index (χ3n) is 2.94. The van der Waals surface area contributed by atoms with Crippen LogP contribution in [0, 0.1) is 0 Å². The lowest BCUT2D eigenvalue weighted by atomic mass is 10.1. The average Bonchev–Trinajstić information content (AvgIpc) is 2.72. The summed E-state index contributed by atoms with van der Waals surface area (Å²) in [6.45, 7) is 0.999. The highest BCUT2D eigenvalue weighted by atomic mass is 32.2. The van der Waals surface area contributed by atoms with Crippen LogP contribution in [0.5, 0.6) is 0 Å². The molecular formula is C10H18N2OS. The molecule has 2 fully saturated rings. The number of hydrogen-bond acceptors (Lipinski definition) is 3. The van der Waals surface area contributed by atoms with E-state index in [1.807, 2.05) is 11.8 Å². The molecule has 2 aliphatic rings. The largest absolute Gasteiger partial charge is 0.352 e. The number of thioether (sulfide) groups is 1. The molecule has 1 atom stereocenters. The van der Waals surface area contributed by atoms with E-state index in [-0.39, 0.29) is 11.9 Å². The number of carbonyl (C=O) groups is 1. The Morgan fingerprint density at radius 3 is 2.71 bits per heavy atom. The van der Waals surface area contributed by atoms with E-state index >= 15 is 0 Å². The van der Waals surface area contributed by atoms with E-state index in [0.29, 0.717) is 6.04 Å². The van der Waals surface area contributed by atoms with Crippen molar-refractivity contribution in [3.8, 4) is 0 Å². The molecule has 0 aromatic carbocycles. The molecule has 0 spiro atoms. The summed E-state index contributed by atoms with van der Waals surface area (Å²) in [4.78, 5) is 11.7. The molecule has 2 N–H and O–H groups in total. The molecule has 0 aliphatic carbocycles. The normalized spacial score (nSPS) is 29.0. The van der Waals surface area contributed by atoms with Crippen LogP contribution in [0.3, 0.4) is 0 Å². The molecule has 2 rings (SSSR count). The number of carbonyl (C=O) groups excluding carboxylic acids is 1. The minimum atomic E-state index is 0.0876. The zero-order valence-corrected chi connectivity index (χ0v) is 9.24. The summed E-state index contributed by atoms with van der Waals surface area (Å²) in [5.41, 5.74) is 0. The number of rotatable bonds is 2. The average molecular weight is 214 g/mol. The van der Waals surface area contributed by atoms with Gasteiger partial charge >= 0.3 is 0 Å². The molecule has 0 aromatic rings. The van der Waals surface area contributed by atoms with Crippen LogP contribution in [0.25, 0.3) is 0 Å². The molecular weight excluding hydrogens is 196 g/mol. The molecule has 2 aliphatic heterocycles. The smallest absolute Gasteiger partial charge is 0.237 e. The quantitative estimate of drug-likeness (QED) is 0.713. The molecule has 1 amide bonds. The SMILES string of the molecule is O=C(NC1CCSCC1)C1CCCN1. The lowest BCUT2D eigenvalue weighted by Gasteiger charge is -2.24. The molecule has 0 bridgehead atoms. The summed E-state index contributed by atoms with van der Waals surface area (Å²) < 4.78 is 0. The monoisotopic (exact) mass is 214 g/mol. The molecule has 80 valence electrons.